The molecule has 10 aromatic rings. The molecule has 0 fully saturated rings. The van der Waals surface area contributed by atoms with Crippen LogP contribution >= 0.6 is 0 Å². The number of hydrogen-bond acceptors (Lipinski definition) is 3. The summed E-state index contributed by atoms with van der Waals surface area (Å²) in [7, 11) is 0. The Hall–Kier alpha value is -8.01. The molecule has 0 bridgehead atoms. The predicted octanol–water partition coefficient (Wildman–Crippen LogP) is 15.1. The van der Waals surface area contributed by atoms with Crippen LogP contribution in [0.3, 0.4) is 0 Å². The first-order valence-corrected chi connectivity index (χ1v) is 21.4. The maximum absolute atomic E-state index is 5.02. The topological polar surface area (TPSA) is 38.7 Å². The van der Waals surface area contributed by atoms with Gasteiger partial charge in [-0.3, -0.25) is 0 Å². The molecule has 12 rings (SSSR count). The molecule has 0 unspecified atom stereocenters. The van der Waals surface area contributed by atoms with E-state index in [9.17, 15) is 0 Å². The van der Waals surface area contributed by atoms with E-state index in [1.807, 2.05) is 18.2 Å². The van der Waals surface area contributed by atoms with E-state index in [0.29, 0.717) is 17.5 Å². The molecule has 3 heteroatoms. The Morgan fingerprint density at radius 1 is 0.323 bits per heavy atom. The van der Waals surface area contributed by atoms with E-state index in [2.05, 4.69) is 194 Å². The second-order valence-electron chi connectivity index (χ2n) is 16.3. The van der Waals surface area contributed by atoms with Crippen molar-refractivity contribution in [2.24, 2.45) is 0 Å². The first kappa shape index (κ1) is 35.9. The Kier molecular flexibility index (Phi) is 8.64. The Bertz CT molecular complexity index is 3450. The summed E-state index contributed by atoms with van der Waals surface area (Å²) in [6.45, 7) is 0. The Balaban J connectivity index is 0.800. The van der Waals surface area contributed by atoms with E-state index < -0.39 is 0 Å². The van der Waals surface area contributed by atoms with E-state index >= 15 is 0 Å². The maximum atomic E-state index is 5.02. The van der Waals surface area contributed by atoms with Crippen molar-refractivity contribution in [3.8, 4) is 67.3 Å². The highest BCUT2D eigenvalue weighted by atomic mass is 15.0. The van der Waals surface area contributed by atoms with Gasteiger partial charge in [0.25, 0.3) is 0 Å². The number of rotatable bonds is 6. The monoisotopic (exact) mass is 789 g/mol. The SMILES string of the molecule is C1=CCC=CC(c2nc(-c3ccccc3)nc(-c3ccc4c(c3)Cc3cc(-c5ccc(-c6ccc(-c7ccc8c9ccccc9c9ccccc9c8c7)cc6)cc5)ccc3-4)n2)=C1. The zero-order valence-corrected chi connectivity index (χ0v) is 34.0. The van der Waals surface area contributed by atoms with Crippen LogP contribution < -0.4 is 0 Å². The number of benzene rings is 9. The molecule has 0 radical (unpaired) electrons. The van der Waals surface area contributed by atoms with Gasteiger partial charge in [-0.1, -0.05) is 200 Å². The van der Waals surface area contributed by atoms with E-state index in [1.165, 1.54) is 88.0 Å². The van der Waals surface area contributed by atoms with Crippen LogP contribution in [0.1, 0.15) is 23.4 Å². The second kappa shape index (κ2) is 14.9. The first-order chi connectivity index (χ1) is 30.7. The zero-order chi connectivity index (χ0) is 41.0. The normalized spacial score (nSPS) is 13.0. The first-order valence-electron chi connectivity index (χ1n) is 21.4. The molecule has 62 heavy (non-hydrogen) atoms. The summed E-state index contributed by atoms with van der Waals surface area (Å²) in [5.41, 5.74) is 15.4. The smallest absolute Gasteiger partial charge is 0.164 e. The van der Waals surface area contributed by atoms with Crippen LogP contribution in [0.2, 0.25) is 0 Å². The summed E-state index contributed by atoms with van der Waals surface area (Å²) in [5, 5.41) is 7.79. The fraction of sp³-hybridized carbons (Fsp3) is 0.0339. The molecule has 0 N–H and O–H groups in total. The van der Waals surface area contributed by atoms with Crippen molar-refractivity contribution in [2.75, 3.05) is 0 Å². The minimum absolute atomic E-state index is 0.675. The molecule has 2 aliphatic rings. The molecular weight excluding hydrogens is 751 g/mol. The molecule has 0 atom stereocenters. The lowest BCUT2D eigenvalue weighted by Crippen LogP contribution is -2.02. The van der Waals surface area contributed by atoms with E-state index in [0.717, 1.165) is 29.5 Å². The van der Waals surface area contributed by atoms with Gasteiger partial charge in [0.1, 0.15) is 0 Å². The Morgan fingerprint density at radius 2 is 0.774 bits per heavy atom. The number of fused-ring (bicyclic) bond motifs is 9. The molecule has 9 aromatic carbocycles. The van der Waals surface area contributed by atoms with Gasteiger partial charge in [-0.2, -0.15) is 0 Å². The van der Waals surface area contributed by atoms with E-state index in [4.69, 9.17) is 15.0 Å². The summed E-state index contributed by atoms with van der Waals surface area (Å²) in [6, 6.07) is 66.2. The van der Waals surface area contributed by atoms with E-state index in [1.54, 1.807) is 0 Å². The van der Waals surface area contributed by atoms with Gasteiger partial charge in [-0.25, -0.2) is 15.0 Å². The lowest BCUT2D eigenvalue weighted by atomic mass is 9.91. The third-order valence-corrected chi connectivity index (χ3v) is 12.6. The maximum Gasteiger partial charge on any atom is 0.164 e. The quantitative estimate of drug-likeness (QED) is 0.158. The lowest BCUT2D eigenvalue weighted by molar-refractivity contribution is 1.04. The average Bonchev–Trinajstić information content (AvgIpc) is 3.48. The van der Waals surface area contributed by atoms with Gasteiger partial charge in [0.2, 0.25) is 0 Å². The molecule has 0 amide bonds. The molecule has 2 aliphatic carbocycles. The highest BCUT2D eigenvalue weighted by Gasteiger charge is 2.21. The van der Waals surface area contributed by atoms with Gasteiger partial charge in [0.05, 0.1) is 0 Å². The molecule has 1 aromatic heterocycles. The van der Waals surface area contributed by atoms with Gasteiger partial charge >= 0.3 is 0 Å². The van der Waals surface area contributed by atoms with Crippen molar-refractivity contribution in [1.29, 1.82) is 0 Å². The highest BCUT2D eigenvalue weighted by Crippen LogP contribution is 2.41. The molecule has 0 aliphatic heterocycles. The number of aromatic nitrogens is 3. The van der Waals surface area contributed by atoms with Crippen LogP contribution in [0.25, 0.3) is 105 Å². The van der Waals surface area contributed by atoms with Crippen molar-refractivity contribution >= 4 is 37.9 Å². The van der Waals surface area contributed by atoms with Gasteiger partial charge in [-0.15, -0.1) is 0 Å². The van der Waals surface area contributed by atoms with Crippen molar-refractivity contribution in [1.82, 2.24) is 15.0 Å². The molecule has 0 saturated carbocycles. The molecule has 3 nitrogen and oxygen atoms in total. The zero-order valence-electron chi connectivity index (χ0n) is 34.0. The summed E-state index contributed by atoms with van der Waals surface area (Å²) >= 11 is 0. The summed E-state index contributed by atoms with van der Waals surface area (Å²) < 4.78 is 0. The number of nitrogens with zero attached hydrogens (tertiary/aromatic N) is 3. The van der Waals surface area contributed by atoms with Crippen molar-refractivity contribution in [3.05, 3.63) is 229 Å². The summed E-state index contributed by atoms with van der Waals surface area (Å²) in [5.74, 6) is 2.03. The predicted molar refractivity (Wildman–Crippen MR) is 259 cm³/mol. The minimum Gasteiger partial charge on any atom is -0.208 e. The number of hydrogen-bond donors (Lipinski definition) is 0. The van der Waals surface area contributed by atoms with Gasteiger partial charge < -0.3 is 0 Å². The van der Waals surface area contributed by atoms with E-state index in [-0.39, 0.29) is 0 Å². The Labute approximate surface area is 360 Å². The van der Waals surface area contributed by atoms with Crippen LogP contribution in [0.4, 0.5) is 0 Å². The third kappa shape index (κ3) is 6.34. The summed E-state index contributed by atoms with van der Waals surface area (Å²) in [4.78, 5) is 14.9. The summed E-state index contributed by atoms with van der Waals surface area (Å²) in [6.07, 6.45) is 12.3. The van der Waals surface area contributed by atoms with Crippen molar-refractivity contribution in [2.45, 2.75) is 12.8 Å². The fourth-order valence-electron chi connectivity index (χ4n) is 9.41. The van der Waals surface area contributed by atoms with Crippen molar-refractivity contribution in [3.63, 3.8) is 0 Å². The standard InChI is InChI=1S/C59H39N3/c1-2-5-13-42(12-4-1)57-60-58(43-14-6-3-7-15-43)62-59(61-57)46-30-32-50-48(35-46)36-47-34-44(28-31-49(47)50)40-24-20-38(21-25-40)39-22-26-41(27-23-39)45-29-33-55-53-18-9-8-16-51(53)52-17-10-11-19-54(52)56(55)37-45/h1,3-35,37H,2,36H2. The second-order valence-corrected chi connectivity index (χ2v) is 16.3. The molecule has 0 saturated heterocycles. The molecular formula is C59H39N3. The largest absolute Gasteiger partial charge is 0.208 e. The van der Waals surface area contributed by atoms with Crippen molar-refractivity contribution < 1.29 is 0 Å². The molecule has 0 spiro atoms. The van der Waals surface area contributed by atoms with Crippen LogP contribution in [0.15, 0.2) is 212 Å². The van der Waals surface area contributed by atoms with Gasteiger partial charge in [-0.05, 0) is 113 Å². The highest BCUT2D eigenvalue weighted by molar-refractivity contribution is 6.25. The van der Waals surface area contributed by atoms with Crippen LogP contribution in [0.5, 0.6) is 0 Å². The minimum atomic E-state index is 0.675. The van der Waals surface area contributed by atoms with Gasteiger partial charge in [0, 0.05) is 16.7 Å². The fourth-order valence-corrected chi connectivity index (χ4v) is 9.41. The molecule has 290 valence electrons. The lowest BCUT2D eigenvalue weighted by Gasteiger charge is -2.12. The van der Waals surface area contributed by atoms with Crippen LogP contribution in [-0.4, -0.2) is 15.0 Å². The molecule has 1 heterocycles. The third-order valence-electron chi connectivity index (χ3n) is 12.6. The number of allylic oxidation sites excluding steroid dienone is 6. The van der Waals surface area contributed by atoms with Crippen LogP contribution in [0, 0.1) is 0 Å². The average molecular weight is 790 g/mol. The van der Waals surface area contributed by atoms with Crippen LogP contribution in [-0.2, 0) is 6.42 Å². The Morgan fingerprint density at radius 3 is 1.40 bits per heavy atom. The van der Waals surface area contributed by atoms with Gasteiger partial charge in [0.15, 0.2) is 17.5 Å².